The van der Waals surface area contributed by atoms with E-state index in [2.05, 4.69) is 4.74 Å². The molecule has 0 radical (unpaired) electrons. The van der Waals surface area contributed by atoms with Crippen LogP contribution in [0.2, 0.25) is 0 Å². The SMILES string of the molecule is CC(C)[C@H](OC(=O)/C=C/c1ccc(OC(F)(F)F)cc1)C(=O)NC(N)=O. The van der Waals surface area contributed by atoms with Gasteiger partial charge in [-0.2, -0.15) is 0 Å². The van der Waals surface area contributed by atoms with Gasteiger partial charge in [0.15, 0.2) is 6.10 Å². The largest absolute Gasteiger partial charge is 0.573 e. The van der Waals surface area contributed by atoms with Gasteiger partial charge in [0.1, 0.15) is 5.75 Å². The van der Waals surface area contributed by atoms with Crippen molar-refractivity contribution in [2.45, 2.75) is 26.3 Å². The number of amides is 3. The number of halogens is 3. The minimum atomic E-state index is -4.79. The van der Waals surface area contributed by atoms with Gasteiger partial charge in [-0.25, -0.2) is 9.59 Å². The lowest BCUT2D eigenvalue weighted by molar-refractivity contribution is -0.274. The first-order valence-electron chi connectivity index (χ1n) is 7.32. The standard InChI is InChI=1S/C16H17F3N2O5/c1-9(2)13(14(23)21-15(20)24)25-12(22)8-5-10-3-6-11(7-4-10)26-16(17,18)19/h3-9,13H,1-2H3,(H3,20,21,23,24)/b8-5+/t13-/m0/s1. The van der Waals surface area contributed by atoms with Crippen LogP contribution in [0.25, 0.3) is 6.08 Å². The Bertz CT molecular complexity index is 684. The zero-order chi connectivity index (χ0) is 19.9. The van der Waals surface area contributed by atoms with Crippen LogP contribution in [0.1, 0.15) is 19.4 Å². The fourth-order valence-electron chi connectivity index (χ4n) is 1.79. The number of hydrogen-bond acceptors (Lipinski definition) is 5. The number of nitrogens with one attached hydrogen (secondary N) is 1. The maximum atomic E-state index is 12.1. The molecule has 0 aliphatic heterocycles. The Morgan fingerprint density at radius 2 is 1.73 bits per heavy atom. The summed E-state index contributed by atoms with van der Waals surface area (Å²) >= 11 is 0. The fourth-order valence-corrected chi connectivity index (χ4v) is 1.79. The molecule has 142 valence electrons. The van der Waals surface area contributed by atoms with Crippen LogP contribution in [0.5, 0.6) is 5.75 Å². The number of carbonyl (C=O) groups excluding carboxylic acids is 3. The Hall–Kier alpha value is -3.04. The molecule has 1 aromatic rings. The highest BCUT2D eigenvalue weighted by atomic mass is 19.4. The number of alkyl halides is 3. The van der Waals surface area contributed by atoms with Gasteiger partial charge >= 0.3 is 18.4 Å². The molecular formula is C16H17F3N2O5. The van der Waals surface area contributed by atoms with Crippen LogP contribution in [0.3, 0.4) is 0 Å². The van der Waals surface area contributed by atoms with Gasteiger partial charge < -0.3 is 15.2 Å². The van der Waals surface area contributed by atoms with Gasteiger partial charge in [0, 0.05) is 6.08 Å². The van der Waals surface area contributed by atoms with E-state index in [1.165, 1.54) is 18.2 Å². The van der Waals surface area contributed by atoms with Crippen molar-refractivity contribution in [1.82, 2.24) is 5.32 Å². The van der Waals surface area contributed by atoms with E-state index in [0.717, 1.165) is 18.2 Å². The molecule has 0 saturated heterocycles. The van der Waals surface area contributed by atoms with Crippen molar-refractivity contribution in [2.75, 3.05) is 0 Å². The molecule has 0 heterocycles. The Labute approximate surface area is 146 Å². The second-order valence-corrected chi connectivity index (χ2v) is 5.41. The summed E-state index contributed by atoms with van der Waals surface area (Å²) in [7, 11) is 0. The number of primary amides is 1. The predicted molar refractivity (Wildman–Crippen MR) is 84.6 cm³/mol. The van der Waals surface area contributed by atoms with Crippen LogP contribution >= 0.6 is 0 Å². The number of esters is 1. The summed E-state index contributed by atoms with van der Waals surface area (Å²) < 4.78 is 44.9. The summed E-state index contributed by atoms with van der Waals surface area (Å²) in [5.74, 6) is -2.56. The van der Waals surface area contributed by atoms with Gasteiger partial charge in [0.05, 0.1) is 0 Å². The smallest absolute Gasteiger partial charge is 0.449 e. The van der Waals surface area contributed by atoms with Crippen molar-refractivity contribution in [3.8, 4) is 5.75 Å². The third-order valence-corrected chi connectivity index (χ3v) is 2.88. The van der Waals surface area contributed by atoms with E-state index in [-0.39, 0.29) is 0 Å². The Kier molecular flexibility index (Phi) is 7.17. The van der Waals surface area contributed by atoms with Gasteiger partial charge in [-0.3, -0.25) is 10.1 Å². The van der Waals surface area contributed by atoms with E-state index < -0.39 is 42.0 Å². The minimum absolute atomic E-state index is 0.402. The lowest BCUT2D eigenvalue weighted by atomic mass is 10.1. The molecule has 1 aromatic carbocycles. The highest BCUT2D eigenvalue weighted by Crippen LogP contribution is 2.23. The van der Waals surface area contributed by atoms with Crippen LogP contribution < -0.4 is 15.8 Å². The molecule has 0 spiro atoms. The number of imide groups is 1. The number of urea groups is 1. The molecule has 0 aliphatic carbocycles. The van der Waals surface area contributed by atoms with Crippen molar-refractivity contribution >= 4 is 24.0 Å². The van der Waals surface area contributed by atoms with Crippen LogP contribution in [-0.4, -0.2) is 30.4 Å². The molecule has 0 saturated carbocycles. The first kappa shape index (κ1) is 21.0. The second-order valence-electron chi connectivity index (χ2n) is 5.41. The lowest BCUT2D eigenvalue weighted by Crippen LogP contribution is -2.45. The van der Waals surface area contributed by atoms with Crippen molar-refractivity contribution in [2.24, 2.45) is 11.7 Å². The van der Waals surface area contributed by atoms with E-state index in [9.17, 15) is 27.6 Å². The molecule has 0 bridgehead atoms. The molecule has 3 N–H and O–H groups in total. The quantitative estimate of drug-likeness (QED) is 0.587. The molecule has 1 atom stereocenters. The number of carbonyl (C=O) groups is 3. The first-order chi connectivity index (χ1) is 12.0. The molecule has 0 fully saturated rings. The van der Waals surface area contributed by atoms with Gasteiger partial charge in [-0.15, -0.1) is 13.2 Å². The maximum Gasteiger partial charge on any atom is 0.573 e. The topological polar surface area (TPSA) is 108 Å². The number of hydrogen-bond donors (Lipinski definition) is 2. The predicted octanol–water partition coefficient (Wildman–Crippen LogP) is 2.36. The third kappa shape index (κ3) is 7.69. The summed E-state index contributed by atoms with van der Waals surface area (Å²) in [6.45, 7) is 3.20. The molecular weight excluding hydrogens is 357 g/mol. The average Bonchev–Trinajstić information content (AvgIpc) is 2.49. The lowest BCUT2D eigenvalue weighted by Gasteiger charge is -2.18. The zero-order valence-corrected chi connectivity index (χ0v) is 13.9. The Morgan fingerprint density at radius 3 is 2.19 bits per heavy atom. The Morgan fingerprint density at radius 1 is 1.15 bits per heavy atom. The summed E-state index contributed by atoms with van der Waals surface area (Å²) in [6, 6.07) is 3.68. The number of nitrogens with two attached hydrogens (primary N) is 1. The summed E-state index contributed by atoms with van der Waals surface area (Å²) in [5.41, 5.74) is 5.24. The van der Waals surface area contributed by atoms with Crippen LogP contribution in [0, 0.1) is 5.92 Å². The maximum absolute atomic E-state index is 12.1. The average molecular weight is 374 g/mol. The van der Waals surface area contributed by atoms with Gasteiger partial charge in [-0.05, 0) is 29.7 Å². The monoisotopic (exact) mass is 374 g/mol. The highest BCUT2D eigenvalue weighted by Gasteiger charge is 2.31. The van der Waals surface area contributed by atoms with Crippen molar-refractivity contribution in [1.29, 1.82) is 0 Å². The van der Waals surface area contributed by atoms with Crippen LogP contribution in [-0.2, 0) is 14.3 Å². The third-order valence-electron chi connectivity index (χ3n) is 2.88. The molecule has 0 aliphatic rings. The number of ether oxygens (including phenoxy) is 2. The van der Waals surface area contributed by atoms with Crippen LogP contribution in [0.15, 0.2) is 30.3 Å². The number of rotatable bonds is 6. The van der Waals surface area contributed by atoms with Gasteiger partial charge in [0.25, 0.3) is 5.91 Å². The second kappa shape index (κ2) is 8.88. The normalized spacial score (nSPS) is 12.7. The molecule has 1 rings (SSSR count). The summed E-state index contributed by atoms with van der Waals surface area (Å²) in [6.07, 6.45) is -3.75. The molecule has 0 aromatic heterocycles. The van der Waals surface area contributed by atoms with Gasteiger partial charge in [0.2, 0.25) is 0 Å². The zero-order valence-electron chi connectivity index (χ0n) is 13.9. The van der Waals surface area contributed by atoms with Crippen molar-refractivity contribution in [3.63, 3.8) is 0 Å². The fraction of sp³-hybridized carbons (Fsp3) is 0.312. The summed E-state index contributed by atoms with van der Waals surface area (Å²) in [5, 5.41) is 1.82. The highest BCUT2D eigenvalue weighted by molar-refractivity contribution is 5.97. The van der Waals surface area contributed by atoms with Crippen molar-refractivity contribution < 1.29 is 37.0 Å². The molecule has 3 amide bonds. The molecule has 7 nitrogen and oxygen atoms in total. The van der Waals surface area contributed by atoms with E-state index in [0.29, 0.717) is 5.56 Å². The first-order valence-corrected chi connectivity index (χ1v) is 7.32. The minimum Gasteiger partial charge on any atom is -0.449 e. The van der Waals surface area contributed by atoms with E-state index >= 15 is 0 Å². The van der Waals surface area contributed by atoms with Crippen LogP contribution in [0.4, 0.5) is 18.0 Å². The molecule has 26 heavy (non-hydrogen) atoms. The Balaban J connectivity index is 2.70. The van der Waals surface area contributed by atoms with E-state index in [4.69, 9.17) is 10.5 Å². The van der Waals surface area contributed by atoms with E-state index in [1.807, 2.05) is 5.32 Å². The molecule has 0 unspecified atom stereocenters. The molecule has 10 heteroatoms. The van der Waals surface area contributed by atoms with Crippen molar-refractivity contribution in [3.05, 3.63) is 35.9 Å². The van der Waals surface area contributed by atoms with E-state index in [1.54, 1.807) is 13.8 Å². The number of benzene rings is 1. The summed E-state index contributed by atoms with van der Waals surface area (Å²) in [4.78, 5) is 34.2. The van der Waals surface area contributed by atoms with Gasteiger partial charge in [-0.1, -0.05) is 26.0 Å².